The molecule has 4 rings (SSSR count). The molecule has 30 heavy (non-hydrogen) atoms. The molecule has 2 fully saturated rings. The highest BCUT2D eigenvalue weighted by atomic mass is 16.2. The predicted octanol–water partition coefficient (Wildman–Crippen LogP) is 3.40. The zero-order valence-electron chi connectivity index (χ0n) is 18.0. The number of nitrogens with zero attached hydrogens (tertiary/aromatic N) is 2. The van der Waals surface area contributed by atoms with Crippen molar-refractivity contribution in [2.24, 2.45) is 5.92 Å². The second-order valence-electron chi connectivity index (χ2n) is 8.94. The second-order valence-corrected chi connectivity index (χ2v) is 8.94. The van der Waals surface area contributed by atoms with E-state index in [2.05, 4.69) is 22.1 Å². The highest BCUT2D eigenvalue weighted by Gasteiger charge is 2.26. The number of carbonyl (C=O) groups excluding carboxylic acids is 2. The van der Waals surface area contributed by atoms with E-state index in [1.165, 1.54) is 19.3 Å². The van der Waals surface area contributed by atoms with E-state index >= 15 is 0 Å². The van der Waals surface area contributed by atoms with E-state index in [0.717, 1.165) is 56.5 Å². The lowest BCUT2D eigenvalue weighted by molar-refractivity contribution is -0.122. The number of H-pyrrole nitrogens is 1. The summed E-state index contributed by atoms with van der Waals surface area (Å²) < 4.78 is 0. The number of fused-ring (bicyclic) bond motifs is 1. The van der Waals surface area contributed by atoms with Gasteiger partial charge in [-0.3, -0.25) is 14.5 Å². The summed E-state index contributed by atoms with van der Waals surface area (Å²) in [5.41, 5.74) is 1.64. The first-order valence-corrected chi connectivity index (χ1v) is 11.5. The number of hydrogen-bond acceptors (Lipinski definition) is 3. The molecule has 2 amide bonds. The maximum Gasteiger partial charge on any atom is 0.270 e. The van der Waals surface area contributed by atoms with Crippen LogP contribution in [0.1, 0.15) is 55.9 Å². The van der Waals surface area contributed by atoms with Gasteiger partial charge in [0.05, 0.1) is 0 Å². The van der Waals surface area contributed by atoms with Gasteiger partial charge >= 0.3 is 0 Å². The van der Waals surface area contributed by atoms with Crippen LogP contribution in [-0.4, -0.2) is 65.4 Å². The predicted molar refractivity (Wildman–Crippen MR) is 119 cm³/mol. The minimum atomic E-state index is 0.0600. The molecule has 0 bridgehead atoms. The number of nitrogens with one attached hydrogen (secondary N) is 2. The Morgan fingerprint density at radius 2 is 1.90 bits per heavy atom. The number of rotatable bonds is 6. The molecule has 1 unspecified atom stereocenters. The van der Waals surface area contributed by atoms with Gasteiger partial charge in [-0.05, 0) is 57.2 Å². The van der Waals surface area contributed by atoms with E-state index in [-0.39, 0.29) is 11.8 Å². The fourth-order valence-electron chi connectivity index (χ4n) is 4.86. The zero-order chi connectivity index (χ0) is 20.9. The van der Waals surface area contributed by atoms with Crippen molar-refractivity contribution in [2.45, 2.75) is 51.5 Å². The third-order valence-corrected chi connectivity index (χ3v) is 6.80. The summed E-state index contributed by atoms with van der Waals surface area (Å²) in [4.78, 5) is 32.8. The molecule has 162 valence electrons. The van der Waals surface area contributed by atoms with Crippen molar-refractivity contribution in [1.29, 1.82) is 0 Å². The van der Waals surface area contributed by atoms with Gasteiger partial charge in [-0.2, -0.15) is 0 Å². The number of carbonyl (C=O) groups is 2. The average molecular weight is 411 g/mol. The van der Waals surface area contributed by atoms with Crippen molar-refractivity contribution in [3.63, 3.8) is 0 Å². The maximum absolute atomic E-state index is 12.8. The summed E-state index contributed by atoms with van der Waals surface area (Å²) in [6.45, 7) is 6.56. The van der Waals surface area contributed by atoms with E-state index in [0.29, 0.717) is 24.1 Å². The molecule has 2 aromatic rings. The molecule has 1 aromatic carbocycles. The van der Waals surface area contributed by atoms with Gasteiger partial charge in [0, 0.05) is 49.5 Å². The molecule has 2 N–H and O–H groups in total. The van der Waals surface area contributed by atoms with E-state index in [1.807, 2.05) is 35.2 Å². The molecular formula is C24H34N4O2. The highest BCUT2D eigenvalue weighted by Crippen LogP contribution is 2.23. The van der Waals surface area contributed by atoms with Crippen molar-refractivity contribution in [1.82, 2.24) is 20.1 Å². The van der Waals surface area contributed by atoms with Crippen molar-refractivity contribution in [3.8, 4) is 0 Å². The molecule has 2 aliphatic heterocycles. The molecule has 0 spiro atoms. The molecule has 1 aromatic heterocycles. The normalized spacial score (nSPS) is 21.1. The Kier molecular flexibility index (Phi) is 6.72. The Bertz CT molecular complexity index is 836. The monoisotopic (exact) mass is 410 g/mol. The first-order valence-electron chi connectivity index (χ1n) is 11.5. The zero-order valence-corrected chi connectivity index (χ0v) is 18.0. The fraction of sp³-hybridized carbons (Fsp3) is 0.583. The van der Waals surface area contributed by atoms with Crippen LogP contribution in [0.2, 0.25) is 0 Å². The van der Waals surface area contributed by atoms with Gasteiger partial charge in [-0.15, -0.1) is 0 Å². The van der Waals surface area contributed by atoms with Gasteiger partial charge in [0.1, 0.15) is 5.69 Å². The average Bonchev–Trinajstić information content (AvgIpc) is 3.19. The first kappa shape index (κ1) is 20.9. The van der Waals surface area contributed by atoms with E-state index in [4.69, 9.17) is 0 Å². The third kappa shape index (κ3) is 5.04. The summed E-state index contributed by atoms with van der Waals surface area (Å²) in [7, 11) is 0. The number of aromatic nitrogens is 1. The number of hydrogen-bond donors (Lipinski definition) is 2. The van der Waals surface area contributed by atoms with E-state index < -0.39 is 0 Å². The third-order valence-electron chi connectivity index (χ3n) is 6.80. The molecule has 3 heterocycles. The number of piperidine rings is 2. The van der Waals surface area contributed by atoms with Crippen LogP contribution in [0, 0.1) is 5.92 Å². The SMILES string of the molecule is CC1CCCCN1CCNC(=O)CC1CCN(C(=O)c2cc3ccccc3[nH]2)CC1. The van der Waals surface area contributed by atoms with Crippen LogP contribution in [-0.2, 0) is 4.79 Å². The topological polar surface area (TPSA) is 68.4 Å². The molecule has 1 atom stereocenters. The quantitative estimate of drug-likeness (QED) is 0.767. The Labute approximate surface area is 179 Å². The largest absolute Gasteiger partial charge is 0.355 e. The molecule has 0 radical (unpaired) electrons. The van der Waals surface area contributed by atoms with Crippen molar-refractivity contribution in [3.05, 3.63) is 36.0 Å². The number of aromatic amines is 1. The highest BCUT2D eigenvalue weighted by molar-refractivity contribution is 5.98. The molecule has 6 nitrogen and oxygen atoms in total. The summed E-state index contributed by atoms with van der Waals surface area (Å²) >= 11 is 0. The van der Waals surface area contributed by atoms with Crippen molar-refractivity contribution in [2.75, 3.05) is 32.7 Å². The van der Waals surface area contributed by atoms with Gasteiger partial charge in [-0.1, -0.05) is 24.6 Å². The molecular weight excluding hydrogens is 376 g/mol. The van der Waals surface area contributed by atoms with Gasteiger partial charge in [-0.25, -0.2) is 0 Å². The van der Waals surface area contributed by atoms with E-state index in [9.17, 15) is 9.59 Å². The smallest absolute Gasteiger partial charge is 0.270 e. The summed E-state index contributed by atoms with van der Waals surface area (Å²) in [5.74, 6) is 0.579. The summed E-state index contributed by atoms with van der Waals surface area (Å²) in [6.07, 6.45) is 6.22. The van der Waals surface area contributed by atoms with Crippen LogP contribution >= 0.6 is 0 Å². The van der Waals surface area contributed by atoms with Crippen LogP contribution in [0.4, 0.5) is 0 Å². The van der Waals surface area contributed by atoms with Crippen molar-refractivity contribution >= 4 is 22.7 Å². The molecule has 2 saturated heterocycles. The Hall–Kier alpha value is -2.34. The van der Waals surface area contributed by atoms with Crippen LogP contribution in [0.25, 0.3) is 10.9 Å². The minimum Gasteiger partial charge on any atom is -0.355 e. The Morgan fingerprint density at radius 3 is 2.67 bits per heavy atom. The first-order chi connectivity index (χ1) is 14.6. The molecule has 0 aliphatic carbocycles. The number of para-hydroxylation sites is 1. The van der Waals surface area contributed by atoms with Gasteiger partial charge < -0.3 is 15.2 Å². The fourth-order valence-corrected chi connectivity index (χ4v) is 4.86. The summed E-state index contributed by atoms with van der Waals surface area (Å²) in [5, 5.41) is 4.17. The van der Waals surface area contributed by atoms with Gasteiger partial charge in [0.25, 0.3) is 5.91 Å². The Morgan fingerprint density at radius 1 is 1.10 bits per heavy atom. The van der Waals surface area contributed by atoms with Crippen LogP contribution in [0.5, 0.6) is 0 Å². The lowest BCUT2D eigenvalue weighted by Crippen LogP contribution is -2.43. The van der Waals surface area contributed by atoms with Crippen molar-refractivity contribution < 1.29 is 9.59 Å². The number of likely N-dealkylation sites (tertiary alicyclic amines) is 2. The summed E-state index contributed by atoms with van der Waals surface area (Å²) in [6, 6.07) is 10.5. The van der Waals surface area contributed by atoms with Gasteiger partial charge in [0.15, 0.2) is 0 Å². The molecule has 0 saturated carbocycles. The maximum atomic E-state index is 12.8. The lowest BCUT2D eigenvalue weighted by atomic mass is 9.93. The van der Waals surface area contributed by atoms with Gasteiger partial charge in [0.2, 0.25) is 5.91 Å². The molecule has 2 aliphatic rings. The van der Waals surface area contributed by atoms with Crippen LogP contribution < -0.4 is 5.32 Å². The lowest BCUT2D eigenvalue weighted by Gasteiger charge is -2.33. The number of benzene rings is 1. The molecule has 6 heteroatoms. The van der Waals surface area contributed by atoms with Crippen LogP contribution in [0.15, 0.2) is 30.3 Å². The van der Waals surface area contributed by atoms with Crippen LogP contribution in [0.3, 0.4) is 0 Å². The number of amides is 2. The minimum absolute atomic E-state index is 0.0600. The van der Waals surface area contributed by atoms with E-state index in [1.54, 1.807) is 0 Å². The second kappa shape index (κ2) is 9.65. The standard InChI is InChI=1S/C24H34N4O2/c1-18-6-4-5-12-27(18)15-11-25-23(29)16-19-9-13-28(14-10-19)24(30)22-17-20-7-2-3-8-21(20)26-22/h2-3,7-8,17-19,26H,4-6,9-16H2,1H3,(H,25,29). The Balaban J connectivity index is 1.18.